The molecule has 6 heteroatoms. The van der Waals surface area contributed by atoms with E-state index >= 15 is 0 Å². The number of fused-ring (bicyclic) bond motifs is 1. The molecule has 0 bridgehead atoms. The molecule has 18 heavy (non-hydrogen) atoms. The number of nitrogens with zero attached hydrogens (tertiary/aromatic N) is 1. The Labute approximate surface area is 102 Å². The predicted molar refractivity (Wildman–Crippen MR) is 64.0 cm³/mol. The molecule has 6 nitrogen and oxygen atoms in total. The van der Waals surface area contributed by atoms with E-state index in [4.69, 9.17) is 5.11 Å². The van der Waals surface area contributed by atoms with Gasteiger partial charge >= 0.3 is 5.97 Å². The van der Waals surface area contributed by atoms with E-state index < -0.39 is 17.8 Å². The highest BCUT2D eigenvalue weighted by atomic mass is 16.4. The SMILES string of the molecule is O=C(O)[C@H]1C[C@H]1C(=O)Nc1cccc2[nH]ncc12. The number of H-pyrrole nitrogens is 1. The Morgan fingerprint density at radius 3 is 2.94 bits per heavy atom. The van der Waals surface area contributed by atoms with Crippen molar-refractivity contribution in [1.29, 1.82) is 0 Å². The largest absolute Gasteiger partial charge is 0.481 e. The van der Waals surface area contributed by atoms with Crippen LogP contribution in [0.25, 0.3) is 10.9 Å². The first-order valence-corrected chi connectivity index (χ1v) is 5.62. The average molecular weight is 245 g/mol. The van der Waals surface area contributed by atoms with Crippen molar-refractivity contribution in [2.45, 2.75) is 6.42 Å². The van der Waals surface area contributed by atoms with E-state index in [0.29, 0.717) is 12.1 Å². The molecule has 0 spiro atoms. The molecule has 1 amide bonds. The van der Waals surface area contributed by atoms with Crippen LogP contribution in [0.2, 0.25) is 0 Å². The molecule has 3 N–H and O–H groups in total. The highest BCUT2D eigenvalue weighted by Crippen LogP contribution is 2.39. The number of rotatable bonds is 3. The molecule has 2 atom stereocenters. The average Bonchev–Trinajstić information content (AvgIpc) is 3.01. The second-order valence-electron chi connectivity index (χ2n) is 4.41. The lowest BCUT2D eigenvalue weighted by Gasteiger charge is -2.05. The fourth-order valence-corrected chi connectivity index (χ4v) is 2.06. The number of aromatic amines is 1. The predicted octanol–water partition coefficient (Wildman–Crippen LogP) is 1.22. The lowest BCUT2D eigenvalue weighted by molar-refractivity contribution is -0.139. The zero-order valence-corrected chi connectivity index (χ0v) is 9.38. The van der Waals surface area contributed by atoms with Crippen molar-refractivity contribution in [2.24, 2.45) is 11.8 Å². The van der Waals surface area contributed by atoms with Crippen molar-refractivity contribution in [3.05, 3.63) is 24.4 Å². The number of carbonyl (C=O) groups is 2. The monoisotopic (exact) mass is 245 g/mol. The molecule has 0 saturated heterocycles. The maximum atomic E-state index is 11.9. The maximum absolute atomic E-state index is 11.9. The van der Waals surface area contributed by atoms with Gasteiger partial charge in [-0.15, -0.1) is 0 Å². The molecule has 1 fully saturated rings. The minimum Gasteiger partial charge on any atom is -0.481 e. The number of hydrogen-bond acceptors (Lipinski definition) is 3. The zero-order valence-electron chi connectivity index (χ0n) is 9.38. The van der Waals surface area contributed by atoms with Crippen LogP contribution in [0.4, 0.5) is 5.69 Å². The number of aromatic nitrogens is 2. The Hall–Kier alpha value is -2.37. The summed E-state index contributed by atoms with van der Waals surface area (Å²) in [7, 11) is 0. The van der Waals surface area contributed by atoms with E-state index in [-0.39, 0.29) is 5.91 Å². The molecule has 1 aliphatic rings. The molecule has 0 aliphatic heterocycles. The second-order valence-corrected chi connectivity index (χ2v) is 4.41. The number of amides is 1. The first kappa shape index (κ1) is 10.8. The molecule has 1 saturated carbocycles. The third kappa shape index (κ3) is 1.71. The molecule has 1 aliphatic carbocycles. The van der Waals surface area contributed by atoms with Crippen molar-refractivity contribution in [3.63, 3.8) is 0 Å². The van der Waals surface area contributed by atoms with Gasteiger partial charge in [-0.2, -0.15) is 5.10 Å². The van der Waals surface area contributed by atoms with Crippen LogP contribution in [-0.2, 0) is 9.59 Å². The topological polar surface area (TPSA) is 95.1 Å². The number of hydrogen-bond donors (Lipinski definition) is 3. The summed E-state index contributed by atoms with van der Waals surface area (Å²) >= 11 is 0. The molecule has 1 aromatic heterocycles. The Bertz CT molecular complexity index is 634. The minimum absolute atomic E-state index is 0.240. The van der Waals surface area contributed by atoms with Gasteiger partial charge in [0.25, 0.3) is 0 Å². The van der Waals surface area contributed by atoms with E-state index in [1.807, 2.05) is 6.07 Å². The van der Waals surface area contributed by atoms with Gasteiger partial charge in [-0.3, -0.25) is 14.7 Å². The van der Waals surface area contributed by atoms with E-state index in [9.17, 15) is 9.59 Å². The summed E-state index contributed by atoms with van der Waals surface area (Å²) in [5.74, 6) is -2.09. The first-order valence-electron chi connectivity index (χ1n) is 5.62. The summed E-state index contributed by atoms with van der Waals surface area (Å²) in [5.41, 5.74) is 1.49. The van der Waals surface area contributed by atoms with Gasteiger partial charge in [-0.25, -0.2) is 0 Å². The summed E-state index contributed by atoms with van der Waals surface area (Å²) in [5, 5.41) is 19.1. The zero-order chi connectivity index (χ0) is 12.7. The van der Waals surface area contributed by atoms with Crippen LogP contribution in [0, 0.1) is 11.8 Å². The standard InChI is InChI=1S/C12H11N3O3/c16-11(6-4-7(6)12(17)18)14-9-2-1-3-10-8(9)5-13-15-10/h1-3,5-7H,4H2,(H,13,15)(H,14,16)(H,17,18)/t6-,7+/m1/s1. The normalized spacial score (nSPS) is 21.8. The Morgan fingerprint density at radius 2 is 2.22 bits per heavy atom. The highest BCUT2D eigenvalue weighted by Gasteiger charge is 2.48. The summed E-state index contributed by atoms with van der Waals surface area (Å²) < 4.78 is 0. The highest BCUT2D eigenvalue weighted by molar-refractivity contribution is 6.04. The maximum Gasteiger partial charge on any atom is 0.307 e. The van der Waals surface area contributed by atoms with Crippen molar-refractivity contribution in [2.75, 3.05) is 5.32 Å². The van der Waals surface area contributed by atoms with Crippen molar-refractivity contribution < 1.29 is 14.7 Å². The van der Waals surface area contributed by atoms with E-state index in [1.165, 1.54) is 0 Å². The minimum atomic E-state index is -0.906. The van der Waals surface area contributed by atoms with Crippen LogP contribution in [0.3, 0.4) is 0 Å². The number of aliphatic carboxylic acids is 1. The Kier molecular flexibility index (Phi) is 2.29. The quantitative estimate of drug-likeness (QED) is 0.757. The van der Waals surface area contributed by atoms with Gasteiger partial charge in [0.2, 0.25) is 5.91 Å². The van der Waals surface area contributed by atoms with Crippen LogP contribution in [0.5, 0.6) is 0 Å². The number of nitrogens with one attached hydrogen (secondary N) is 2. The summed E-state index contributed by atoms with van der Waals surface area (Å²) in [4.78, 5) is 22.6. The number of benzene rings is 1. The third-order valence-electron chi connectivity index (χ3n) is 3.19. The van der Waals surface area contributed by atoms with E-state index in [1.54, 1.807) is 18.3 Å². The van der Waals surface area contributed by atoms with Gasteiger partial charge in [-0.1, -0.05) is 6.07 Å². The van der Waals surface area contributed by atoms with Crippen LogP contribution in [-0.4, -0.2) is 27.2 Å². The number of anilines is 1. The van der Waals surface area contributed by atoms with Gasteiger partial charge in [0, 0.05) is 5.39 Å². The van der Waals surface area contributed by atoms with Crippen LogP contribution in [0.15, 0.2) is 24.4 Å². The fraction of sp³-hybridized carbons (Fsp3) is 0.250. The van der Waals surface area contributed by atoms with Gasteiger partial charge in [0.1, 0.15) is 0 Å². The summed E-state index contributed by atoms with van der Waals surface area (Å²) in [6, 6.07) is 5.43. The number of carboxylic acids is 1. The van der Waals surface area contributed by atoms with Crippen LogP contribution < -0.4 is 5.32 Å². The van der Waals surface area contributed by atoms with Gasteiger partial charge < -0.3 is 10.4 Å². The lowest BCUT2D eigenvalue weighted by Crippen LogP contribution is -2.16. The lowest BCUT2D eigenvalue weighted by atomic mass is 10.2. The van der Waals surface area contributed by atoms with Crippen molar-refractivity contribution in [1.82, 2.24) is 10.2 Å². The van der Waals surface area contributed by atoms with E-state index in [2.05, 4.69) is 15.5 Å². The molecular formula is C12H11N3O3. The molecule has 0 unspecified atom stereocenters. The van der Waals surface area contributed by atoms with Gasteiger partial charge in [-0.05, 0) is 18.6 Å². The molecule has 92 valence electrons. The molecular weight excluding hydrogens is 234 g/mol. The third-order valence-corrected chi connectivity index (χ3v) is 3.19. The molecule has 1 heterocycles. The summed E-state index contributed by atoms with van der Waals surface area (Å²) in [6.07, 6.45) is 2.05. The van der Waals surface area contributed by atoms with Crippen LogP contribution in [0.1, 0.15) is 6.42 Å². The fourth-order valence-electron chi connectivity index (χ4n) is 2.06. The number of carboxylic acid groups (broad SMARTS) is 1. The smallest absolute Gasteiger partial charge is 0.307 e. The summed E-state index contributed by atoms with van der Waals surface area (Å²) in [6.45, 7) is 0. The van der Waals surface area contributed by atoms with Crippen molar-refractivity contribution in [3.8, 4) is 0 Å². The van der Waals surface area contributed by atoms with Gasteiger partial charge in [0.15, 0.2) is 0 Å². The van der Waals surface area contributed by atoms with E-state index in [0.717, 1.165) is 10.9 Å². The number of carbonyl (C=O) groups excluding carboxylic acids is 1. The molecule has 2 aromatic rings. The second kappa shape index (κ2) is 3.83. The van der Waals surface area contributed by atoms with Crippen molar-refractivity contribution >= 4 is 28.5 Å². The van der Waals surface area contributed by atoms with Crippen LogP contribution >= 0.6 is 0 Å². The molecule has 1 aromatic carbocycles. The molecule has 0 radical (unpaired) electrons. The Balaban J connectivity index is 1.79. The first-order chi connectivity index (χ1) is 8.66. The Morgan fingerprint density at radius 1 is 1.39 bits per heavy atom. The molecule has 3 rings (SSSR count). The van der Waals surface area contributed by atoms with Gasteiger partial charge in [0.05, 0.1) is 29.2 Å².